The fourth-order valence-electron chi connectivity index (χ4n) is 3.67. The predicted octanol–water partition coefficient (Wildman–Crippen LogP) is 1.38. The molecule has 0 aromatic carbocycles. The van der Waals surface area contributed by atoms with E-state index in [0.29, 0.717) is 0 Å². The molecule has 132 valence electrons. The van der Waals surface area contributed by atoms with Gasteiger partial charge in [-0.2, -0.15) is 0 Å². The molecule has 0 amide bonds. The Morgan fingerprint density at radius 3 is 2.41 bits per heavy atom. The van der Waals surface area contributed by atoms with Crippen molar-refractivity contribution in [2.45, 2.75) is 49.9 Å². The smallest absolute Gasteiger partial charge is 0.372 e. The molecule has 3 N–H and O–H groups in total. The molecule has 1 fully saturated rings. The van der Waals surface area contributed by atoms with E-state index in [1.54, 1.807) is 21.3 Å². The van der Waals surface area contributed by atoms with Gasteiger partial charge in [-0.25, -0.2) is 0 Å². The van der Waals surface area contributed by atoms with Gasteiger partial charge in [0.05, 0.1) is 6.16 Å². The lowest BCUT2D eigenvalue weighted by molar-refractivity contribution is -0.0368. The molecule has 7 nitrogen and oxygen atoms in total. The molecule has 2 atom stereocenters. The highest BCUT2D eigenvalue weighted by molar-refractivity contribution is 7.51. The van der Waals surface area contributed by atoms with Crippen molar-refractivity contribution in [1.29, 1.82) is 0 Å². The number of nitrogens with one attached hydrogen (secondary N) is 1. The molecule has 1 aliphatic rings. The lowest BCUT2D eigenvalue weighted by atomic mass is 9.99. The van der Waals surface area contributed by atoms with Crippen molar-refractivity contribution in [3.8, 4) is 0 Å². The van der Waals surface area contributed by atoms with Gasteiger partial charge in [0, 0.05) is 33.9 Å². The number of rotatable bonds is 9. The van der Waals surface area contributed by atoms with Gasteiger partial charge in [-0.05, 0) is 25.3 Å². The first-order valence-electron chi connectivity index (χ1n) is 7.74. The van der Waals surface area contributed by atoms with E-state index >= 15 is 0 Å². The highest BCUT2D eigenvalue weighted by Crippen LogP contribution is 2.43. The first-order chi connectivity index (χ1) is 10.3. The van der Waals surface area contributed by atoms with Gasteiger partial charge in [-0.3, -0.25) is 4.57 Å². The Morgan fingerprint density at radius 2 is 1.95 bits per heavy atom. The van der Waals surface area contributed by atoms with Crippen LogP contribution in [0.15, 0.2) is 0 Å². The van der Waals surface area contributed by atoms with Crippen LogP contribution in [-0.2, 0) is 18.2 Å². The minimum Gasteiger partial charge on any atom is -0.396 e. The van der Waals surface area contributed by atoms with E-state index in [1.165, 1.54) is 0 Å². The van der Waals surface area contributed by atoms with E-state index in [-0.39, 0.29) is 18.7 Å². The zero-order valence-corrected chi connectivity index (χ0v) is 15.9. The predicted molar refractivity (Wildman–Crippen MR) is 87.2 cm³/mol. The summed E-state index contributed by atoms with van der Waals surface area (Å²) >= 11 is 0. The summed E-state index contributed by atoms with van der Waals surface area (Å²) in [5.74, 6) is 0. The average Bonchev–Trinajstić information content (AvgIpc) is 2.47. The number of hydrogen-bond donors (Lipinski definition) is 3. The molecular formula is C13H30NO6PSi. The third-order valence-corrected chi connectivity index (χ3v) is 9.87. The summed E-state index contributed by atoms with van der Waals surface area (Å²) in [6.45, 7) is 2.34. The van der Waals surface area contributed by atoms with Crippen molar-refractivity contribution < 1.29 is 27.9 Å². The van der Waals surface area contributed by atoms with Crippen LogP contribution in [0.2, 0.25) is 6.04 Å². The summed E-state index contributed by atoms with van der Waals surface area (Å²) < 4.78 is 28.7. The van der Waals surface area contributed by atoms with Gasteiger partial charge in [0.25, 0.3) is 0 Å². The van der Waals surface area contributed by atoms with E-state index in [2.05, 4.69) is 12.2 Å². The van der Waals surface area contributed by atoms with Gasteiger partial charge in [-0.15, -0.1) is 0 Å². The summed E-state index contributed by atoms with van der Waals surface area (Å²) in [7, 11) is -1.53. The number of ether oxygens (including phenoxy) is 1. The van der Waals surface area contributed by atoms with Crippen molar-refractivity contribution >= 4 is 16.2 Å². The largest absolute Gasteiger partial charge is 0.396 e. The zero-order valence-electron chi connectivity index (χ0n) is 14.0. The van der Waals surface area contributed by atoms with Crippen molar-refractivity contribution in [2.24, 2.45) is 0 Å². The topological polar surface area (TPSA) is 97.3 Å². The maximum absolute atomic E-state index is 11.1. The monoisotopic (exact) mass is 355 g/mol. The minimum absolute atomic E-state index is 0.0238. The van der Waals surface area contributed by atoms with Crippen LogP contribution in [-0.4, -0.2) is 63.6 Å². The first-order valence-corrected chi connectivity index (χ1v) is 11.6. The Kier molecular flexibility index (Phi) is 7.68. The molecule has 0 bridgehead atoms. The fourth-order valence-corrected chi connectivity index (χ4v) is 8.17. The summed E-state index contributed by atoms with van der Waals surface area (Å²) in [4.78, 5) is 18.1. The van der Waals surface area contributed by atoms with E-state index in [9.17, 15) is 4.57 Å². The average molecular weight is 355 g/mol. The van der Waals surface area contributed by atoms with Crippen LogP contribution in [0.5, 0.6) is 0 Å². The van der Waals surface area contributed by atoms with Crippen LogP contribution in [0.1, 0.15) is 32.6 Å². The lowest BCUT2D eigenvalue weighted by Crippen LogP contribution is -2.73. The Bertz CT molecular complexity index is 389. The molecule has 1 rings (SSSR count). The molecule has 0 radical (unpaired) electrons. The van der Waals surface area contributed by atoms with Gasteiger partial charge in [0.1, 0.15) is 5.22 Å². The second-order valence-electron chi connectivity index (χ2n) is 5.79. The molecule has 0 aromatic rings. The van der Waals surface area contributed by atoms with Crippen LogP contribution in [0, 0.1) is 0 Å². The molecule has 1 heterocycles. The zero-order chi connectivity index (χ0) is 16.9. The maximum Gasteiger partial charge on any atom is 0.372 e. The second-order valence-corrected chi connectivity index (χ2v) is 11.2. The maximum atomic E-state index is 11.1. The van der Waals surface area contributed by atoms with E-state index < -0.39 is 21.4 Å². The third kappa shape index (κ3) is 4.18. The van der Waals surface area contributed by atoms with E-state index in [1.807, 2.05) is 0 Å². The first kappa shape index (κ1) is 20.3. The molecule has 0 saturated carbocycles. The third-order valence-electron chi connectivity index (χ3n) is 4.65. The molecule has 0 spiro atoms. The van der Waals surface area contributed by atoms with Crippen molar-refractivity contribution in [3.63, 3.8) is 0 Å². The van der Waals surface area contributed by atoms with Gasteiger partial charge in [0.15, 0.2) is 0 Å². The Labute approximate surface area is 134 Å². The Hall–Kier alpha value is 0.207. The van der Waals surface area contributed by atoms with Crippen LogP contribution < -0.4 is 5.32 Å². The summed E-state index contributed by atoms with van der Waals surface area (Å²) in [6, 6.07) is 0.842. The highest BCUT2D eigenvalue weighted by Gasteiger charge is 2.62. The van der Waals surface area contributed by atoms with E-state index in [4.69, 9.17) is 23.4 Å². The van der Waals surface area contributed by atoms with Crippen LogP contribution in [0.25, 0.3) is 0 Å². The van der Waals surface area contributed by atoms with Crippen LogP contribution >= 0.6 is 7.60 Å². The minimum atomic E-state index is -4.00. The van der Waals surface area contributed by atoms with Gasteiger partial charge >= 0.3 is 16.2 Å². The molecule has 2 unspecified atom stereocenters. The number of methoxy groups -OCH3 is 1. The van der Waals surface area contributed by atoms with Crippen molar-refractivity contribution in [2.75, 3.05) is 34.0 Å². The molecule has 1 saturated heterocycles. The van der Waals surface area contributed by atoms with Crippen LogP contribution in [0.3, 0.4) is 0 Å². The summed E-state index contributed by atoms with van der Waals surface area (Å²) in [5, 5.41) is 2.74. The molecule has 9 heteroatoms. The Morgan fingerprint density at radius 1 is 1.32 bits per heavy atom. The summed E-state index contributed by atoms with van der Waals surface area (Å²) in [6.07, 6.45) is 3.38. The second kappa shape index (κ2) is 8.35. The van der Waals surface area contributed by atoms with Gasteiger partial charge in [-0.1, -0.05) is 13.3 Å². The quantitative estimate of drug-likeness (QED) is 0.424. The molecular weight excluding hydrogens is 325 g/mol. The molecule has 22 heavy (non-hydrogen) atoms. The van der Waals surface area contributed by atoms with Gasteiger partial charge in [0.2, 0.25) is 0 Å². The van der Waals surface area contributed by atoms with Gasteiger partial charge < -0.3 is 28.7 Å². The standard InChI is InChI=1S/C13H30NO6PSi/c1-5-8-13(18-2)12(14-9-10-21(15,16)17)7-6-11-22(13,19-3)20-4/h12,14H,5-11H2,1-4H3,(H2,15,16,17). The number of hydrogen-bond acceptors (Lipinski definition) is 5. The Balaban J connectivity index is 2.99. The van der Waals surface area contributed by atoms with Crippen molar-refractivity contribution in [1.82, 2.24) is 5.32 Å². The molecule has 0 aliphatic carbocycles. The van der Waals surface area contributed by atoms with Crippen molar-refractivity contribution in [3.05, 3.63) is 0 Å². The SMILES string of the molecule is CCCC1(OC)C(NCCP(=O)(O)O)CCC[Si]1(OC)OC. The fraction of sp³-hybridized carbons (Fsp3) is 1.00. The lowest BCUT2D eigenvalue weighted by Gasteiger charge is -2.52. The van der Waals surface area contributed by atoms with Crippen LogP contribution in [0.4, 0.5) is 0 Å². The molecule has 0 aromatic heterocycles. The normalized spacial score (nSPS) is 28.7. The van der Waals surface area contributed by atoms with E-state index in [0.717, 1.165) is 31.7 Å². The molecule has 1 aliphatic heterocycles. The highest BCUT2D eigenvalue weighted by atomic mass is 31.2. The summed E-state index contributed by atoms with van der Waals surface area (Å²) in [5.41, 5.74) is 0.